The first-order valence-electron chi connectivity index (χ1n) is 5.77. The van der Waals surface area contributed by atoms with Crippen molar-refractivity contribution in [3.8, 4) is 0 Å². The summed E-state index contributed by atoms with van der Waals surface area (Å²) in [6.45, 7) is 0. The molecule has 3 N–H and O–H groups in total. The molecule has 3 rings (SSSR count). The van der Waals surface area contributed by atoms with E-state index >= 15 is 0 Å². The van der Waals surface area contributed by atoms with E-state index < -0.39 is 0 Å². The molecule has 1 aliphatic carbocycles. The van der Waals surface area contributed by atoms with Gasteiger partial charge in [0.15, 0.2) is 0 Å². The van der Waals surface area contributed by atoms with Gasteiger partial charge in [-0.15, -0.1) is 5.10 Å². The van der Waals surface area contributed by atoms with Gasteiger partial charge in [0, 0.05) is 0 Å². The maximum Gasteiger partial charge on any atom is 0.268 e. The molecule has 100 valence electrons. The number of hydrazine groups is 1. The zero-order chi connectivity index (χ0) is 13.2. The molecular weight excluding hydrogens is 268 g/mol. The molecule has 1 saturated carbocycles. The largest absolute Gasteiger partial charge is 0.468 e. The van der Waals surface area contributed by atoms with Crippen LogP contribution in [0.15, 0.2) is 21.9 Å². The summed E-state index contributed by atoms with van der Waals surface area (Å²) in [4.78, 5) is 11.3. The van der Waals surface area contributed by atoms with E-state index in [1.807, 2.05) is 4.68 Å². The summed E-state index contributed by atoms with van der Waals surface area (Å²) >= 11 is 1.48. The van der Waals surface area contributed by atoms with Crippen LogP contribution in [0.25, 0.3) is 0 Å². The number of nitrogens with two attached hydrogens (primary N) is 1. The van der Waals surface area contributed by atoms with E-state index in [2.05, 4.69) is 21.0 Å². The lowest BCUT2D eigenvalue weighted by atomic mass is 10.3. The highest BCUT2D eigenvalue weighted by Crippen LogP contribution is 2.36. The van der Waals surface area contributed by atoms with Gasteiger partial charge in [0.1, 0.15) is 12.0 Å². The van der Waals surface area contributed by atoms with Crippen molar-refractivity contribution in [3.05, 3.63) is 23.7 Å². The molecular formula is C10H12N6O2S. The number of thioether (sulfide) groups is 1. The van der Waals surface area contributed by atoms with Gasteiger partial charge < -0.3 is 4.42 Å². The van der Waals surface area contributed by atoms with Crippen molar-refractivity contribution in [2.45, 2.75) is 29.8 Å². The number of nitrogens with zero attached hydrogens (tertiary/aromatic N) is 4. The van der Waals surface area contributed by atoms with Gasteiger partial charge in [-0.25, -0.2) is 10.5 Å². The van der Waals surface area contributed by atoms with Crippen molar-refractivity contribution >= 4 is 17.7 Å². The SMILES string of the molecule is NNC(=O)c1coc(CSc2nnnn2C2CC2)c1. The van der Waals surface area contributed by atoms with Crippen LogP contribution in [0.3, 0.4) is 0 Å². The summed E-state index contributed by atoms with van der Waals surface area (Å²) < 4.78 is 7.12. The van der Waals surface area contributed by atoms with E-state index in [0.717, 1.165) is 18.0 Å². The number of hydrogen-bond acceptors (Lipinski definition) is 7. The van der Waals surface area contributed by atoms with Crippen molar-refractivity contribution in [2.75, 3.05) is 0 Å². The number of rotatable bonds is 5. The summed E-state index contributed by atoms with van der Waals surface area (Å²) in [5.41, 5.74) is 2.46. The molecule has 2 aromatic rings. The molecule has 1 aliphatic rings. The highest BCUT2D eigenvalue weighted by atomic mass is 32.2. The molecule has 0 atom stereocenters. The van der Waals surface area contributed by atoms with Crippen LogP contribution in [-0.2, 0) is 5.75 Å². The molecule has 2 aromatic heterocycles. The van der Waals surface area contributed by atoms with Gasteiger partial charge in [0.05, 0.1) is 17.4 Å². The van der Waals surface area contributed by atoms with Crippen LogP contribution in [0.5, 0.6) is 0 Å². The zero-order valence-corrected chi connectivity index (χ0v) is 10.8. The second kappa shape index (κ2) is 5.02. The van der Waals surface area contributed by atoms with E-state index in [1.54, 1.807) is 6.07 Å². The first-order valence-corrected chi connectivity index (χ1v) is 6.75. The van der Waals surface area contributed by atoms with Gasteiger partial charge >= 0.3 is 0 Å². The molecule has 2 heterocycles. The second-order valence-electron chi connectivity index (χ2n) is 4.20. The summed E-state index contributed by atoms with van der Waals surface area (Å²) in [6, 6.07) is 2.09. The number of tetrazole rings is 1. The number of amides is 1. The Hall–Kier alpha value is -1.87. The number of nitrogen functional groups attached to an aromatic ring is 1. The van der Waals surface area contributed by atoms with Crippen molar-refractivity contribution in [1.29, 1.82) is 0 Å². The Morgan fingerprint density at radius 1 is 1.63 bits per heavy atom. The molecule has 9 heteroatoms. The summed E-state index contributed by atoms with van der Waals surface area (Å²) in [5, 5.41) is 12.4. The minimum Gasteiger partial charge on any atom is -0.468 e. The molecule has 0 spiro atoms. The van der Waals surface area contributed by atoms with Gasteiger partial charge in [-0.3, -0.25) is 10.2 Å². The van der Waals surface area contributed by atoms with Crippen molar-refractivity contribution in [3.63, 3.8) is 0 Å². The quantitative estimate of drug-likeness (QED) is 0.355. The zero-order valence-electron chi connectivity index (χ0n) is 9.94. The van der Waals surface area contributed by atoms with Crippen LogP contribution in [0.4, 0.5) is 0 Å². The van der Waals surface area contributed by atoms with Gasteiger partial charge in [-0.05, 0) is 29.3 Å². The molecule has 8 nitrogen and oxygen atoms in total. The van der Waals surface area contributed by atoms with Gasteiger partial charge in [0.25, 0.3) is 5.91 Å². The molecule has 0 aliphatic heterocycles. The van der Waals surface area contributed by atoms with Crippen molar-refractivity contribution in [2.24, 2.45) is 5.84 Å². The Balaban J connectivity index is 1.64. The average molecular weight is 280 g/mol. The minimum atomic E-state index is -0.372. The predicted molar refractivity (Wildman–Crippen MR) is 66.0 cm³/mol. The molecule has 0 saturated heterocycles. The maximum atomic E-state index is 11.3. The van der Waals surface area contributed by atoms with E-state index in [-0.39, 0.29) is 5.91 Å². The first kappa shape index (κ1) is 12.2. The Morgan fingerprint density at radius 3 is 3.21 bits per heavy atom. The third-order valence-corrected chi connectivity index (χ3v) is 3.70. The first-order chi connectivity index (χ1) is 9.28. The Bertz CT molecular complexity index is 590. The molecule has 0 bridgehead atoms. The lowest BCUT2D eigenvalue weighted by molar-refractivity contribution is 0.0953. The highest BCUT2D eigenvalue weighted by molar-refractivity contribution is 7.98. The fourth-order valence-electron chi connectivity index (χ4n) is 1.62. The monoisotopic (exact) mass is 280 g/mol. The third-order valence-electron chi connectivity index (χ3n) is 2.75. The van der Waals surface area contributed by atoms with Crippen LogP contribution in [0, 0.1) is 0 Å². The minimum absolute atomic E-state index is 0.372. The van der Waals surface area contributed by atoms with Crippen LogP contribution in [-0.4, -0.2) is 26.1 Å². The van der Waals surface area contributed by atoms with Crippen LogP contribution in [0.2, 0.25) is 0 Å². The van der Waals surface area contributed by atoms with Crippen molar-refractivity contribution < 1.29 is 9.21 Å². The number of carbonyl (C=O) groups is 1. The highest BCUT2D eigenvalue weighted by Gasteiger charge is 2.27. The van der Waals surface area contributed by atoms with Crippen LogP contribution >= 0.6 is 11.8 Å². The molecule has 0 radical (unpaired) electrons. The summed E-state index contributed by atoms with van der Waals surface area (Å²) in [5.74, 6) is 5.91. The maximum absolute atomic E-state index is 11.3. The predicted octanol–water partition coefficient (Wildman–Crippen LogP) is 0.497. The molecule has 19 heavy (non-hydrogen) atoms. The lowest BCUT2D eigenvalue weighted by Gasteiger charge is -1.99. The van der Waals surface area contributed by atoms with Crippen LogP contribution in [0.1, 0.15) is 35.0 Å². The van der Waals surface area contributed by atoms with Gasteiger partial charge in [0.2, 0.25) is 5.16 Å². The average Bonchev–Trinajstić information content (AvgIpc) is 2.99. The van der Waals surface area contributed by atoms with E-state index in [0.29, 0.717) is 23.1 Å². The van der Waals surface area contributed by atoms with E-state index in [4.69, 9.17) is 10.3 Å². The van der Waals surface area contributed by atoms with E-state index in [1.165, 1.54) is 18.0 Å². The number of aromatic nitrogens is 4. The Kier molecular flexibility index (Phi) is 3.22. The number of carbonyl (C=O) groups excluding carboxylic acids is 1. The molecule has 0 aromatic carbocycles. The summed E-state index contributed by atoms with van der Waals surface area (Å²) in [7, 11) is 0. The van der Waals surface area contributed by atoms with Gasteiger partial charge in [-0.1, -0.05) is 11.8 Å². The molecule has 1 amide bonds. The topological polar surface area (TPSA) is 112 Å². The number of furan rings is 1. The lowest BCUT2D eigenvalue weighted by Crippen LogP contribution is -2.29. The smallest absolute Gasteiger partial charge is 0.268 e. The fourth-order valence-corrected chi connectivity index (χ4v) is 2.46. The van der Waals surface area contributed by atoms with Gasteiger partial charge in [-0.2, -0.15) is 0 Å². The molecule has 0 unspecified atom stereocenters. The molecule has 1 fully saturated rings. The Labute approximate surface area is 112 Å². The standard InChI is InChI=1S/C10H12N6O2S/c11-12-9(17)6-3-8(18-4-6)5-19-10-13-14-15-16(10)7-1-2-7/h3-4,7H,1-2,5,11H2,(H,12,17). The fraction of sp³-hybridized carbons (Fsp3) is 0.400. The van der Waals surface area contributed by atoms with Crippen LogP contribution < -0.4 is 11.3 Å². The third kappa shape index (κ3) is 2.61. The normalized spacial score (nSPS) is 14.6. The number of nitrogens with one attached hydrogen (secondary N) is 1. The van der Waals surface area contributed by atoms with Crippen molar-refractivity contribution in [1.82, 2.24) is 25.6 Å². The Morgan fingerprint density at radius 2 is 2.47 bits per heavy atom. The van der Waals surface area contributed by atoms with E-state index in [9.17, 15) is 4.79 Å². The number of hydrogen-bond donors (Lipinski definition) is 2. The summed E-state index contributed by atoms with van der Waals surface area (Å²) in [6.07, 6.45) is 3.63. The second-order valence-corrected chi connectivity index (χ2v) is 5.14.